The van der Waals surface area contributed by atoms with E-state index in [0.717, 1.165) is 19.4 Å². The maximum Gasteiger partial charge on any atom is 0.244 e. The quantitative estimate of drug-likeness (QED) is 0.817. The lowest BCUT2D eigenvalue weighted by Crippen LogP contribution is -2.37. The third-order valence-corrected chi connectivity index (χ3v) is 5.39. The van der Waals surface area contributed by atoms with Crippen LogP contribution in [0.2, 0.25) is 5.02 Å². The van der Waals surface area contributed by atoms with Crippen molar-refractivity contribution in [3.63, 3.8) is 0 Å². The van der Waals surface area contributed by atoms with Gasteiger partial charge < -0.3 is 10.1 Å². The number of methoxy groups -OCH3 is 1. The first kappa shape index (κ1) is 16.0. The second-order valence-corrected chi connectivity index (χ2v) is 7.59. The van der Waals surface area contributed by atoms with E-state index in [1.165, 1.54) is 13.2 Å². The molecule has 1 aliphatic rings. The van der Waals surface area contributed by atoms with Gasteiger partial charge in [-0.2, -0.15) is 0 Å². The zero-order chi connectivity index (χ0) is 14.8. The van der Waals surface area contributed by atoms with Gasteiger partial charge in [0.1, 0.15) is 4.90 Å². The van der Waals surface area contributed by atoms with Gasteiger partial charge in [0, 0.05) is 17.6 Å². The first-order chi connectivity index (χ1) is 9.44. The Hall–Kier alpha value is -0.340. The van der Waals surface area contributed by atoms with Crippen LogP contribution in [0.15, 0.2) is 21.5 Å². The molecule has 1 aliphatic heterocycles. The summed E-state index contributed by atoms with van der Waals surface area (Å²) >= 11 is 9.18. The molecule has 1 saturated heterocycles. The Morgan fingerprint density at radius 2 is 2.30 bits per heavy atom. The second kappa shape index (κ2) is 6.62. The number of halogens is 2. The van der Waals surface area contributed by atoms with E-state index in [-0.39, 0.29) is 16.7 Å². The Balaban J connectivity index is 2.24. The molecule has 0 bridgehead atoms. The molecule has 1 heterocycles. The van der Waals surface area contributed by atoms with Crippen LogP contribution in [0, 0.1) is 0 Å². The minimum absolute atomic E-state index is 0.0392. The van der Waals surface area contributed by atoms with Crippen LogP contribution in [0.1, 0.15) is 12.8 Å². The van der Waals surface area contributed by atoms with Gasteiger partial charge >= 0.3 is 0 Å². The van der Waals surface area contributed by atoms with E-state index in [1.807, 2.05) is 0 Å². The lowest BCUT2D eigenvalue weighted by Gasteiger charge is -2.15. The van der Waals surface area contributed by atoms with Crippen molar-refractivity contribution in [3.05, 3.63) is 21.6 Å². The highest BCUT2D eigenvalue weighted by Crippen LogP contribution is 2.35. The Kier molecular flexibility index (Phi) is 5.30. The molecule has 2 rings (SSSR count). The van der Waals surface area contributed by atoms with Crippen LogP contribution in [0.25, 0.3) is 0 Å². The zero-order valence-electron chi connectivity index (χ0n) is 10.9. The van der Waals surface area contributed by atoms with Crippen molar-refractivity contribution in [1.29, 1.82) is 0 Å². The molecule has 1 aromatic rings. The van der Waals surface area contributed by atoms with Gasteiger partial charge in [0.15, 0.2) is 5.75 Å². The molecule has 0 unspecified atom stereocenters. The van der Waals surface area contributed by atoms with E-state index in [4.69, 9.17) is 16.3 Å². The molecule has 1 fully saturated rings. The van der Waals surface area contributed by atoms with Crippen molar-refractivity contribution >= 4 is 37.6 Å². The number of benzene rings is 1. The average molecular weight is 384 g/mol. The Bertz CT molecular complexity index is 589. The van der Waals surface area contributed by atoms with Crippen LogP contribution in [-0.4, -0.2) is 34.7 Å². The standard InChI is InChI=1S/C12H16BrClN2O3S/c1-19-12-10(13)5-8(14)6-11(12)20(17,18)16-7-9-3-2-4-15-9/h5-6,9,15-16H,2-4,7H2,1H3/t9-/m0/s1. The average Bonchev–Trinajstić information content (AvgIpc) is 2.89. The Labute approximate surface area is 132 Å². The Morgan fingerprint density at radius 3 is 2.90 bits per heavy atom. The molecule has 8 heteroatoms. The van der Waals surface area contributed by atoms with Gasteiger partial charge in [-0.3, -0.25) is 0 Å². The number of hydrogen-bond acceptors (Lipinski definition) is 4. The fraction of sp³-hybridized carbons (Fsp3) is 0.500. The number of rotatable bonds is 5. The molecule has 2 N–H and O–H groups in total. The van der Waals surface area contributed by atoms with Crippen LogP contribution >= 0.6 is 27.5 Å². The maximum atomic E-state index is 12.4. The molecule has 0 aromatic heterocycles. The summed E-state index contributed by atoms with van der Waals surface area (Å²) in [5, 5.41) is 3.57. The highest BCUT2D eigenvalue weighted by molar-refractivity contribution is 9.10. The molecule has 0 aliphatic carbocycles. The maximum absolute atomic E-state index is 12.4. The fourth-order valence-electron chi connectivity index (χ4n) is 2.15. The largest absolute Gasteiger partial charge is 0.494 e. The van der Waals surface area contributed by atoms with E-state index in [0.29, 0.717) is 16.0 Å². The molecular formula is C12H16BrClN2O3S. The van der Waals surface area contributed by atoms with E-state index in [2.05, 4.69) is 26.0 Å². The third kappa shape index (κ3) is 3.65. The van der Waals surface area contributed by atoms with Crippen LogP contribution in [0.4, 0.5) is 0 Å². The van der Waals surface area contributed by atoms with Gasteiger partial charge in [0.2, 0.25) is 10.0 Å². The molecule has 1 aromatic carbocycles. The monoisotopic (exact) mass is 382 g/mol. The van der Waals surface area contributed by atoms with Crippen LogP contribution in [0.5, 0.6) is 5.75 Å². The Morgan fingerprint density at radius 1 is 1.55 bits per heavy atom. The van der Waals surface area contributed by atoms with Gasteiger partial charge in [0.05, 0.1) is 11.6 Å². The van der Waals surface area contributed by atoms with E-state index >= 15 is 0 Å². The summed E-state index contributed by atoms with van der Waals surface area (Å²) in [6, 6.07) is 3.16. The molecule has 20 heavy (non-hydrogen) atoms. The molecule has 5 nitrogen and oxygen atoms in total. The topological polar surface area (TPSA) is 67.4 Å². The van der Waals surface area contributed by atoms with Gasteiger partial charge in [0.25, 0.3) is 0 Å². The van der Waals surface area contributed by atoms with Gasteiger partial charge in [-0.1, -0.05) is 11.6 Å². The molecule has 1 atom stereocenters. The van der Waals surface area contributed by atoms with E-state index in [1.54, 1.807) is 6.07 Å². The summed E-state index contributed by atoms with van der Waals surface area (Å²) in [4.78, 5) is 0.0392. The second-order valence-electron chi connectivity index (χ2n) is 4.56. The fourth-order valence-corrected chi connectivity index (χ4v) is 4.62. The number of hydrogen-bond donors (Lipinski definition) is 2. The zero-order valence-corrected chi connectivity index (χ0v) is 14.1. The van der Waals surface area contributed by atoms with E-state index < -0.39 is 10.0 Å². The highest BCUT2D eigenvalue weighted by Gasteiger charge is 2.24. The van der Waals surface area contributed by atoms with Crippen molar-refractivity contribution in [3.8, 4) is 5.75 Å². The summed E-state index contributed by atoms with van der Waals surface area (Å²) in [5.74, 6) is 0.251. The smallest absolute Gasteiger partial charge is 0.244 e. The third-order valence-electron chi connectivity index (χ3n) is 3.15. The summed E-state index contributed by atoms with van der Waals surface area (Å²) in [6.07, 6.45) is 2.04. The lowest BCUT2D eigenvalue weighted by molar-refractivity contribution is 0.399. The van der Waals surface area contributed by atoms with Crippen LogP contribution < -0.4 is 14.8 Å². The molecule has 0 saturated carbocycles. The number of ether oxygens (including phenoxy) is 1. The SMILES string of the molecule is COc1c(Br)cc(Cl)cc1S(=O)(=O)NC[C@@H]1CCCN1. The lowest BCUT2D eigenvalue weighted by atomic mass is 10.2. The summed E-state index contributed by atoms with van der Waals surface area (Å²) < 4.78 is 33.0. The molecule has 0 amide bonds. The van der Waals surface area contributed by atoms with Gasteiger partial charge in [-0.15, -0.1) is 0 Å². The summed E-state index contributed by atoms with van der Waals surface area (Å²) in [5.41, 5.74) is 0. The minimum atomic E-state index is -3.66. The van der Waals surface area contributed by atoms with Gasteiger partial charge in [-0.25, -0.2) is 13.1 Å². The van der Waals surface area contributed by atoms with Crippen molar-refractivity contribution in [2.24, 2.45) is 0 Å². The predicted octanol–water partition coefficient (Wildman–Crippen LogP) is 2.14. The number of sulfonamides is 1. The number of nitrogens with one attached hydrogen (secondary N) is 2. The summed E-state index contributed by atoms with van der Waals surface area (Å²) in [6.45, 7) is 1.29. The van der Waals surface area contributed by atoms with Gasteiger partial charge in [-0.05, 0) is 47.4 Å². The highest BCUT2D eigenvalue weighted by atomic mass is 79.9. The first-order valence-electron chi connectivity index (χ1n) is 6.20. The molecule has 112 valence electrons. The van der Waals surface area contributed by atoms with E-state index in [9.17, 15) is 8.42 Å². The van der Waals surface area contributed by atoms with Crippen molar-refractivity contribution in [2.75, 3.05) is 20.2 Å². The van der Waals surface area contributed by atoms with Crippen LogP contribution in [-0.2, 0) is 10.0 Å². The molecule has 0 radical (unpaired) electrons. The van der Waals surface area contributed by atoms with Crippen molar-refractivity contribution in [1.82, 2.24) is 10.0 Å². The first-order valence-corrected chi connectivity index (χ1v) is 8.85. The van der Waals surface area contributed by atoms with Crippen LogP contribution in [0.3, 0.4) is 0 Å². The van der Waals surface area contributed by atoms with Crippen molar-refractivity contribution < 1.29 is 13.2 Å². The normalized spacial score (nSPS) is 19.2. The van der Waals surface area contributed by atoms with Crippen molar-refractivity contribution in [2.45, 2.75) is 23.8 Å². The predicted molar refractivity (Wildman–Crippen MR) is 81.9 cm³/mol. The minimum Gasteiger partial charge on any atom is -0.494 e. The molecular weight excluding hydrogens is 368 g/mol. The molecule has 0 spiro atoms. The summed E-state index contributed by atoms with van der Waals surface area (Å²) in [7, 11) is -2.24.